The van der Waals surface area contributed by atoms with E-state index in [1.54, 1.807) is 0 Å². The minimum atomic E-state index is 0.265. The molecule has 21 heavy (non-hydrogen) atoms. The monoisotopic (exact) mass is 281 g/mol. The first-order valence-corrected chi connectivity index (χ1v) is 6.59. The van der Waals surface area contributed by atoms with Crippen LogP contribution in [0.25, 0.3) is 11.5 Å². The Morgan fingerprint density at radius 2 is 1.95 bits per heavy atom. The molecular weight excluding hydrogens is 266 g/mol. The number of nitrogens with zero attached hydrogens (tertiary/aromatic N) is 2. The van der Waals surface area contributed by atoms with Crippen LogP contribution in [0.1, 0.15) is 11.4 Å². The van der Waals surface area contributed by atoms with Crippen molar-refractivity contribution < 1.29 is 9.26 Å². The van der Waals surface area contributed by atoms with E-state index in [0.29, 0.717) is 11.7 Å². The smallest absolute Gasteiger partial charge is 0.258 e. The lowest BCUT2D eigenvalue weighted by Crippen LogP contribution is -1.97. The molecule has 3 aromatic rings. The number of aromatic nitrogens is 2. The Morgan fingerprint density at radius 3 is 2.71 bits per heavy atom. The van der Waals surface area contributed by atoms with Gasteiger partial charge in [0.15, 0.2) is 6.61 Å². The van der Waals surface area contributed by atoms with Crippen molar-refractivity contribution >= 4 is 5.69 Å². The summed E-state index contributed by atoms with van der Waals surface area (Å²) < 4.78 is 10.8. The number of hydrogen-bond acceptors (Lipinski definition) is 5. The summed E-state index contributed by atoms with van der Waals surface area (Å²) in [6.45, 7) is 2.20. The van der Waals surface area contributed by atoms with Crippen LogP contribution >= 0.6 is 0 Å². The van der Waals surface area contributed by atoms with Crippen LogP contribution in [-0.4, -0.2) is 10.1 Å². The van der Waals surface area contributed by atoms with Gasteiger partial charge in [0.2, 0.25) is 5.82 Å². The molecule has 2 N–H and O–H groups in total. The van der Waals surface area contributed by atoms with Gasteiger partial charge in [0.05, 0.1) is 0 Å². The van der Waals surface area contributed by atoms with Gasteiger partial charge in [-0.1, -0.05) is 23.4 Å². The van der Waals surface area contributed by atoms with Gasteiger partial charge in [0.25, 0.3) is 5.89 Å². The molecule has 0 unspecified atom stereocenters. The van der Waals surface area contributed by atoms with Crippen molar-refractivity contribution in [2.75, 3.05) is 5.73 Å². The average Bonchev–Trinajstić information content (AvgIpc) is 2.98. The van der Waals surface area contributed by atoms with Gasteiger partial charge in [-0.3, -0.25) is 0 Å². The van der Waals surface area contributed by atoms with Gasteiger partial charge in [0, 0.05) is 11.3 Å². The van der Waals surface area contributed by atoms with Crippen molar-refractivity contribution in [2.45, 2.75) is 13.5 Å². The van der Waals surface area contributed by atoms with E-state index >= 15 is 0 Å². The number of anilines is 1. The Kier molecular flexibility index (Phi) is 3.55. The summed E-state index contributed by atoms with van der Waals surface area (Å²) in [4.78, 5) is 4.32. The van der Waals surface area contributed by atoms with E-state index < -0.39 is 0 Å². The molecule has 106 valence electrons. The third-order valence-electron chi connectivity index (χ3n) is 3.10. The van der Waals surface area contributed by atoms with Crippen LogP contribution < -0.4 is 10.5 Å². The van der Waals surface area contributed by atoms with Crippen LogP contribution in [0.2, 0.25) is 0 Å². The standard InChI is InChI=1S/C16H15N3O2/c1-11-9-12(7-8-14(11)17)16-18-15(19-21-16)10-20-13-5-3-2-4-6-13/h2-9H,10,17H2,1H3. The van der Waals surface area contributed by atoms with Crippen molar-refractivity contribution in [1.29, 1.82) is 0 Å². The van der Waals surface area contributed by atoms with E-state index in [1.807, 2.05) is 55.5 Å². The highest BCUT2D eigenvalue weighted by Gasteiger charge is 2.10. The molecule has 0 fully saturated rings. The maximum absolute atomic E-state index is 5.80. The van der Waals surface area contributed by atoms with Crippen LogP contribution in [0.4, 0.5) is 5.69 Å². The quantitative estimate of drug-likeness (QED) is 0.743. The molecule has 0 aliphatic carbocycles. The SMILES string of the molecule is Cc1cc(-c2nc(COc3ccccc3)no2)ccc1N. The van der Waals surface area contributed by atoms with Gasteiger partial charge in [0.1, 0.15) is 5.75 Å². The van der Waals surface area contributed by atoms with E-state index in [0.717, 1.165) is 22.6 Å². The van der Waals surface area contributed by atoms with Crippen LogP contribution in [-0.2, 0) is 6.61 Å². The molecule has 0 bridgehead atoms. The first-order valence-electron chi connectivity index (χ1n) is 6.59. The van der Waals surface area contributed by atoms with Crippen molar-refractivity contribution in [2.24, 2.45) is 0 Å². The molecule has 1 aromatic heterocycles. The maximum atomic E-state index is 5.80. The van der Waals surface area contributed by atoms with Crippen molar-refractivity contribution in [3.8, 4) is 17.2 Å². The van der Waals surface area contributed by atoms with Gasteiger partial charge < -0.3 is 15.0 Å². The summed E-state index contributed by atoms with van der Waals surface area (Å²) in [7, 11) is 0. The summed E-state index contributed by atoms with van der Waals surface area (Å²) in [5.41, 5.74) is 8.37. The molecule has 0 saturated carbocycles. The lowest BCUT2D eigenvalue weighted by atomic mass is 10.1. The average molecular weight is 281 g/mol. The van der Waals surface area contributed by atoms with E-state index in [1.165, 1.54) is 0 Å². The number of nitrogen functional groups attached to an aromatic ring is 1. The molecule has 0 atom stereocenters. The number of hydrogen-bond donors (Lipinski definition) is 1. The molecule has 0 amide bonds. The largest absolute Gasteiger partial charge is 0.485 e. The minimum Gasteiger partial charge on any atom is -0.485 e. The van der Waals surface area contributed by atoms with Gasteiger partial charge in [-0.25, -0.2) is 0 Å². The van der Waals surface area contributed by atoms with Crippen LogP contribution in [0.15, 0.2) is 53.1 Å². The highest BCUT2D eigenvalue weighted by molar-refractivity contribution is 5.60. The fourth-order valence-corrected chi connectivity index (χ4v) is 1.90. The molecule has 2 aromatic carbocycles. The lowest BCUT2D eigenvalue weighted by molar-refractivity contribution is 0.287. The number of para-hydroxylation sites is 1. The summed E-state index contributed by atoms with van der Waals surface area (Å²) in [6, 6.07) is 15.1. The molecule has 0 radical (unpaired) electrons. The Hall–Kier alpha value is -2.82. The Bertz CT molecular complexity index is 738. The Balaban J connectivity index is 1.72. The number of nitrogens with two attached hydrogens (primary N) is 1. The second kappa shape index (κ2) is 5.66. The van der Waals surface area contributed by atoms with E-state index in [2.05, 4.69) is 10.1 Å². The third-order valence-corrected chi connectivity index (χ3v) is 3.10. The summed E-state index contributed by atoms with van der Waals surface area (Å²) >= 11 is 0. The predicted molar refractivity (Wildman–Crippen MR) is 79.7 cm³/mol. The first-order chi connectivity index (χ1) is 10.2. The molecule has 5 nitrogen and oxygen atoms in total. The van der Waals surface area contributed by atoms with Crippen molar-refractivity contribution in [3.05, 3.63) is 59.9 Å². The van der Waals surface area contributed by atoms with Crippen LogP contribution in [0.3, 0.4) is 0 Å². The first kappa shape index (κ1) is 13.2. The molecule has 0 aliphatic rings. The summed E-state index contributed by atoms with van der Waals surface area (Å²) in [6.07, 6.45) is 0. The molecule has 3 rings (SSSR count). The highest BCUT2D eigenvalue weighted by Crippen LogP contribution is 2.22. The predicted octanol–water partition coefficient (Wildman–Crippen LogP) is 3.21. The molecule has 0 spiro atoms. The number of rotatable bonds is 4. The number of benzene rings is 2. The van der Waals surface area contributed by atoms with Gasteiger partial charge in [-0.2, -0.15) is 4.98 Å². The Morgan fingerprint density at radius 1 is 1.14 bits per heavy atom. The molecule has 0 aliphatic heterocycles. The van der Waals surface area contributed by atoms with Gasteiger partial charge in [-0.15, -0.1) is 0 Å². The van der Waals surface area contributed by atoms with Crippen LogP contribution in [0, 0.1) is 6.92 Å². The Labute approximate surface area is 122 Å². The van der Waals surface area contributed by atoms with E-state index in [-0.39, 0.29) is 6.61 Å². The minimum absolute atomic E-state index is 0.265. The normalized spacial score (nSPS) is 10.5. The van der Waals surface area contributed by atoms with Crippen molar-refractivity contribution in [1.82, 2.24) is 10.1 Å². The topological polar surface area (TPSA) is 74.2 Å². The lowest BCUT2D eigenvalue weighted by Gasteiger charge is -2.01. The second-order valence-electron chi connectivity index (χ2n) is 4.69. The fraction of sp³-hybridized carbons (Fsp3) is 0.125. The zero-order valence-electron chi connectivity index (χ0n) is 11.6. The molecule has 5 heteroatoms. The highest BCUT2D eigenvalue weighted by atomic mass is 16.5. The van der Waals surface area contributed by atoms with Crippen molar-refractivity contribution in [3.63, 3.8) is 0 Å². The maximum Gasteiger partial charge on any atom is 0.258 e. The summed E-state index contributed by atoms with van der Waals surface area (Å²) in [5, 5.41) is 3.92. The van der Waals surface area contributed by atoms with Gasteiger partial charge >= 0.3 is 0 Å². The number of aryl methyl sites for hydroxylation is 1. The van der Waals surface area contributed by atoms with E-state index in [4.69, 9.17) is 15.0 Å². The third kappa shape index (κ3) is 3.02. The zero-order valence-corrected chi connectivity index (χ0v) is 11.6. The van der Waals surface area contributed by atoms with Crippen LogP contribution in [0.5, 0.6) is 5.75 Å². The summed E-state index contributed by atoms with van der Waals surface area (Å²) in [5.74, 6) is 1.74. The van der Waals surface area contributed by atoms with Gasteiger partial charge in [-0.05, 0) is 42.8 Å². The number of ether oxygens (including phenoxy) is 1. The molecule has 0 saturated heterocycles. The zero-order chi connectivity index (χ0) is 14.7. The molecule has 1 heterocycles. The van der Waals surface area contributed by atoms with E-state index in [9.17, 15) is 0 Å². The fourth-order valence-electron chi connectivity index (χ4n) is 1.90. The second-order valence-corrected chi connectivity index (χ2v) is 4.69. The molecular formula is C16H15N3O2.